The zero-order valence-corrected chi connectivity index (χ0v) is 12.7. The highest BCUT2D eigenvalue weighted by molar-refractivity contribution is 5.78. The summed E-state index contributed by atoms with van der Waals surface area (Å²) in [5.41, 5.74) is 3.39. The number of rotatable bonds is 5. The van der Waals surface area contributed by atoms with Crippen LogP contribution in [0.2, 0.25) is 0 Å². The molecule has 0 spiro atoms. The molecule has 1 N–H and O–H groups in total. The van der Waals surface area contributed by atoms with E-state index in [1.54, 1.807) is 0 Å². The number of esters is 1. The van der Waals surface area contributed by atoms with E-state index in [9.17, 15) is 4.79 Å². The van der Waals surface area contributed by atoms with Gasteiger partial charge in [-0.15, -0.1) is 0 Å². The van der Waals surface area contributed by atoms with Crippen molar-refractivity contribution in [1.82, 2.24) is 5.32 Å². The maximum Gasteiger partial charge on any atom is 0.327 e. The fraction of sp³-hybridized carbons (Fsp3) is 0.588. The molecular formula is C17H25NO2. The van der Waals surface area contributed by atoms with Gasteiger partial charge in [-0.25, -0.2) is 4.79 Å². The topological polar surface area (TPSA) is 38.3 Å². The molecule has 0 heterocycles. The highest BCUT2D eigenvalue weighted by atomic mass is 16.5. The fourth-order valence-electron chi connectivity index (χ4n) is 3.03. The summed E-state index contributed by atoms with van der Waals surface area (Å²) in [6, 6.07) is 6.39. The van der Waals surface area contributed by atoms with E-state index in [1.165, 1.54) is 24.0 Å². The van der Waals surface area contributed by atoms with E-state index in [0.29, 0.717) is 12.6 Å². The lowest BCUT2D eigenvalue weighted by Crippen LogP contribution is -2.36. The van der Waals surface area contributed by atoms with Gasteiger partial charge in [-0.05, 0) is 39.2 Å². The Balaban J connectivity index is 2.21. The molecule has 1 saturated carbocycles. The van der Waals surface area contributed by atoms with Gasteiger partial charge >= 0.3 is 5.97 Å². The molecule has 0 bridgehead atoms. The van der Waals surface area contributed by atoms with Crippen LogP contribution in [-0.4, -0.2) is 18.6 Å². The van der Waals surface area contributed by atoms with Crippen LogP contribution < -0.4 is 5.32 Å². The Kier molecular flexibility index (Phi) is 5.18. The predicted octanol–water partition coefficient (Wildman–Crippen LogP) is 3.44. The minimum atomic E-state index is -0.336. The van der Waals surface area contributed by atoms with Crippen LogP contribution in [0.3, 0.4) is 0 Å². The molecule has 1 aromatic rings. The lowest BCUT2D eigenvalue weighted by atomic mass is 10.0. The van der Waals surface area contributed by atoms with Crippen LogP contribution in [-0.2, 0) is 9.53 Å². The van der Waals surface area contributed by atoms with Gasteiger partial charge in [0.05, 0.1) is 6.61 Å². The van der Waals surface area contributed by atoms with Crippen LogP contribution in [0.5, 0.6) is 0 Å². The Hall–Kier alpha value is -1.35. The number of ether oxygens (including phenoxy) is 1. The van der Waals surface area contributed by atoms with Crippen LogP contribution in [0.25, 0.3) is 0 Å². The number of hydrogen-bond donors (Lipinski definition) is 1. The van der Waals surface area contributed by atoms with Crippen LogP contribution in [0.1, 0.15) is 55.3 Å². The smallest absolute Gasteiger partial charge is 0.327 e. The van der Waals surface area contributed by atoms with Gasteiger partial charge in [-0.3, -0.25) is 5.32 Å². The molecule has 1 aromatic carbocycles. The van der Waals surface area contributed by atoms with Crippen molar-refractivity contribution in [3.63, 3.8) is 0 Å². The van der Waals surface area contributed by atoms with E-state index in [2.05, 4.69) is 37.4 Å². The molecule has 1 aliphatic rings. The third-order valence-electron chi connectivity index (χ3n) is 3.86. The molecule has 1 fully saturated rings. The SMILES string of the molecule is CCOC(=O)C(NC1CCCC1)c1cc(C)cc(C)c1. The average molecular weight is 275 g/mol. The van der Waals surface area contributed by atoms with Crippen molar-refractivity contribution in [1.29, 1.82) is 0 Å². The van der Waals surface area contributed by atoms with Gasteiger partial charge < -0.3 is 4.74 Å². The van der Waals surface area contributed by atoms with Gasteiger partial charge in [-0.2, -0.15) is 0 Å². The van der Waals surface area contributed by atoms with Crippen molar-refractivity contribution in [2.75, 3.05) is 6.61 Å². The lowest BCUT2D eigenvalue weighted by molar-refractivity contribution is -0.146. The lowest BCUT2D eigenvalue weighted by Gasteiger charge is -2.22. The van der Waals surface area contributed by atoms with Gasteiger partial charge in [-0.1, -0.05) is 42.2 Å². The van der Waals surface area contributed by atoms with Crippen LogP contribution in [0, 0.1) is 13.8 Å². The number of aryl methyl sites for hydroxylation is 2. The first-order valence-corrected chi connectivity index (χ1v) is 7.61. The van der Waals surface area contributed by atoms with Gasteiger partial charge in [0, 0.05) is 6.04 Å². The quantitative estimate of drug-likeness (QED) is 0.837. The Morgan fingerprint density at radius 3 is 2.40 bits per heavy atom. The molecule has 0 saturated heterocycles. The highest BCUT2D eigenvalue weighted by Crippen LogP contribution is 2.24. The molecule has 1 unspecified atom stereocenters. The summed E-state index contributed by atoms with van der Waals surface area (Å²) in [6.45, 7) is 6.40. The van der Waals surface area contributed by atoms with Crippen molar-refractivity contribution in [2.24, 2.45) is 0 Å². The Labute approximate surface area is 121 Å². The zero-order valence-electron chi connectivity index (χ0n) is 12.7. The number of benzene rings is 1. The Morgan fingerprint density at radius 2 is 1.85 bits per heavy atom. The van der Waals surface area contributed by atoms with E-state index < -0.39 is 0 Å². The molecule has 1 aliphatic carbocycles. The first-order chi connectivity index (χ1) is 9.60. The molecule has 1 atom stereocenters. The van der Waals surface area contributed by atoms with Gasteiger partial charge in [0.15, 0.2) is 0 Å². The molecule has 3 heteroatoms. The minimum absolute atomic E-state index is 0.163. The normalized spacial score (nSPS) is 17.1. The maximum absolute atomic E-state index is 12.3. The second-order valence-corrected chi connectivity index (χ2v) is 5.75. The Bertz CT molecular complexity index is 444. The fourth-order valence-corrected chi connectivity index (χ4v) is 3.03. The predicted molar refractivity (Wildman–Crippen MR) is 80.7 cm³/mol. The third kappa shape index (κ3) is 3.83. The van der Waals surface area contributed by atoms with Crippen molar-refractivity contribution in [3.8, 4) is 0 Å². The van der Waals surface area contributed by atoms with E-state index in [0.717, 1.165) is 18.4 Å². The van der Waals surface area contributed by atoms with Crippen molar-refractivity contribution >= 4 is 5.97 Å². The standard InChI is InChI=1S/C17H25NO2/c1-4-20-17(19)16(18-15-7-5-6-8-15)14-10-12(2)9-13(3)11-14/h9-11,15-16,18H,4-8H2,1-3H3. The molecule has 0 aromatic heterocycles. The van der Waals surface area contributed by atoms with Crippen molar-refractivity contribution in [2.45, 2.75) is 58.5 Å². The molecular weight excluding hydrogens is 250 g/mol. The molecule has 0 amide bonds. The zero-order chi connectivity index (χ0) is 14.5. The van der Waals surface area contributed by atoms with Gasteiger partial charge in [0.2, 0.25) is 0 Å². The van der Waals surface area contributed by atoms with Gasteiger partial charge in [0.1, 0.15) is 6.04 Å². The van der Waals surface area contributed by atoms with E-state index in [-0.39, 0.29) is 12.0 Å². The van der Waals surface area contributed by atoms with Crippen molar-refractivity contribution in [3.05, 3.63) is 34.9 Å². The Morgan fingerprint density at radius 1 is 1.25 bits per heavy atom. The minimum Gasteiger partial charge on any atom is -0.465 e. The van der Waals surface area contributed by atoms with Crippen LogP contribution >= 0.6 is 0 Å². The number of carbonyl (C=O) groups excluding carboxylic acids is 1. The first kappa shape index (κ1) is 15.0. The molecule has 3 nitrogen and oxygen atoms in total. The summed E-state index contributed by atoms with van der Waals surface area (Å²) in [5.74, 6) is -0.163. The van der Waals surface area contributed by atoms with Crippen LogP contribution in [0.4, 0.5) is 0 Å². The third-order valence-corrected chi connectivity index (χ3v) is 3.86. The summed E-state index contributed by atoms with van der Waals surface area (Å²) < 4.78 is 5.25. The molecule has 20 heavy (non-hydrogen) atoms. The monoisotopic (exact) mass is 275 g/mol. The first-order valence-electron chi connectivity index (χ1n) is 7.61. The number of nitrogens with one attached hydrogen (secondary N) is 1. The second kappa shape index (κ2) is 6.89. The summed E-state index contributed by atoms with van der Waals surface area (Å²) in [4.78, 5) is 12.3. The molecule has 2 rings (SSSR count). The largest absolute Gasteiger partial charge is 0.465 e. The molecule has 0 aliphatic heterocycles. The molecule has 110 valence electrons. The van der Waals surface area contributed by atoms with E-state index >= 15 is 0 Å². The van der Waals surface area contributed by atoms with Crippen molar-refractivity contribution < 1.29 is 9.53 Å². The average Bonchev–Trinajstić information content (AvgIpc) is 2.87. The second-order valence-electron chi connectivity index (χ2n) is 5.75. The van der Waals surface area contributed by atoms with E-state index in [4.69, 9.17) is 4.74 Å². The summed E-state index contributed by atoms with van der Waals surface area (Å²) in [5, 5.41) is 3.50. The highest BCUT2D eigenvalue weighted by Gasteiger charge is 2.26. The summed E-state index contributed by atoms with van der Waals surface area (Å²) in [6.07, 6.45) is 4.81. The number of hydrogen-bond acceptors (Lipinski definition) is 3. The van der Waals surface area contributed by atoms with Gasteiger partial charge in [0.25, 0.3) is 0 Å². The van der Waals surface area contributed by atoms with Crippen LogP contribution in [0.15, 0.2) is 18.2 Å². The summed E-state index contributed by atoms with van der Waals surface area (Å²) in [7, 11) is 0. The number of carbonyl (C=O) groups is 1. The van der Waals surface area contributed by atoms with E-state index in [1.807, 2.05) is 6.92 Å². The molecule has 0 radical (unpaired) electrons. The maximum atomic E-state index is 12.3. The summed E-state index contributed by atoms with van der Waals surface area (Å²) >= 11 is 0.